The zero-order valence-corrected chi connectivity index (χ0v) is 20.5. The Morgan fingerprint density at radius 2 is 2.00 bits per heavy atom. The minimum Gasteiger partial charge on any atom is -0.491 e. The lowest BCUT2D eigenvalue weighted by Crippen LogP contribution is -2.62. The van der Waals surface area contributed by atoms with Crippen LogP contribution in [0.25, 0.3) is 11.8 Å². The van der Waals surface area contributed by atoms with E-state index in [0.29, 0.717) is 24.7 Å². The molecule has 8 nitrogen and oxygen atoms in total. The van der Waals surface area contributed by atoms with Crippen molar-refractivity contribution < 1.29 is 23.8 Å². The van der Waals surface area contributed by atoms with Crippen molar-refractivity contribution in [3.8, 4) is 11.4 Å². The highest BCUT2D eigenvalue weighted by atomic mass is 19.1. The molecule has 2 aromatic carbocycles. The molecule has 9 heteroatoms. The molecule has 1 aliphatic carbocycles. The Balaban J connectivity index is 1.32. The number of aryl methyl sites for hydroxylation is 1. The molecule has 1 unspecified atom stereocenters. The van der Waals surface area contributed by atoms with Crippen LogP contribution < -0.4 is 4.74 Å². The molecule has 1 saturated carbocycles. The van der Waals surface area contributed by atoms with E-state index in [-0.39, 0.29) is 24.6 Å². The quantitative estimate of drug-likeness (QED) is 0.586. The van der Waals surface area contributed by atoms with Gasteiger partial charge in [0.2, 0.25) is 5.84 Å². The van der Waals surface area contributed by atoms with E-state index in [1.807, 2.05) is 29.8 Å². The first-order chi connectivity index (χ1) is 18.0. The number of fused-ring (bicyclic) bond motifs is 2. The first-order valence-corrected chi connectivity index (χ1v) is 12.6. The van der Waals surface area contributed by atoms with E-state index in [4.69, 9.17) is 14.3 Å². The van der Waals surface area contributed by atoms with Gasteiger partial charge >= 0.3 is 0 Å². The molecular formula is C28H27FN4O4. The van der Waals surface area contributed by atoms with Crippen LogP contribution in [-0.4, -0.2) is 57.4 Å². The second kappa shape index (κ2) is 8.08. The molecule has 1 aromatic heterocycles. The number of hydrogen-bond donors (Lipinski definition) is 1. The van der Waals surface area contributed by atoms with E-state index >= 15 is 0 Å². The first kappa shape index (κ1) is 22.4. The SMILES string of the molecule is Cc1cn(-c2ccc(/C=C3\OC4(CC4)CN4C3=NOCC4(CO)c3ccc(F)cc3)c3c2OCC3)cn1. The summed E-state index contributed by atoms with van der Waals surface area (Å²) < 4.78 is 28.3. The Bertz CT molecular complexity index is 1440. The van der Waals surface area contributed by atoms with Crippen LogP contribution in [0, 0.1) is 12.7 Å². The van der Waals surface area contributed by atoms with Crippen molar-refractivity contribution >= 4 is 11.9 Å². The normalized spacial score (nSPS) is 24.1. The molecule has 0 bridgehead atoms. The predicted octanol–water partition coefficient (Wildman–Crippen LogP) is 3.69. The first-order valence-electron chi connectivity index (χ1n) is 12.6. The second-order valence-corrected chi connectivity index (χ2v) is 10.3. The summed E-state index contributed by atoms with van der Waals surface area (Å²) >= 11 is 0. The number of aromatic nitrogens is 2. The number of aliphatic hydroxyl groups excluding tert-OH is 1. The van der Waals surface area contributed by atoms with Crippen molar-refractivity contribution in [2.45, 2.75) is 37.3 Å². The monoisotopic (exact) mass is 502 g/mol. The average molecular weight is 503 g/mol. The van der Waals surface area contributed by atoms with Gasteiger partial charge in [0.05, 0.1) is 37.5 Å². The van der Waals surface area contributed by atoms with E-state index in [0.717, 1.165) is 53.1 Å². The van der Waals surface area contributed by atoms with Gasteiger partial charge in [-0.15, -0.1) is 0 Å². The molecule has 1 N–H and O–H groups in total. The van der Waals surface area contributed by atoms with Crippen molar-refractivity contribution in [1.82, 2.24) is 14.5 Å². The number of oxime groups is 1. The van der Waals surface area contributed by atoms with Crippen LogP contribution in [0.4, 0.5) is 4.39 Å². The molecule has 4 aliphatic rings. The molecule has 2 fully saturated rings. The van der Waals surface area contributed by atoms with Crippen LogP contribution in [0.3, 0.4) is 0 Å². The number of hydrogen-bond acceptors (Lipinski definition) is 7. The Labute approximate surface area is 213 Å². The van der Waals surface area contributed by atoms with Gasteiger partial charge in [0, 0.05) is 18.2 Å². The lowest BCUT2D eigenvalue weighted by molar-refractivity contribution is -0.0722. The lowest BCUT2D eigenvalue weighted by atomic mass is 9.87. The van der Waals surface area contributed by atoms with Crippen molar-refractivity contribution in [3.63, 3.8) is 0 Å². The zero-order chi connectivity index (χ0) is 25.2. The summed E-state index contributed by atoms with van der Waals surface area (Å²) in [6, 6.07) is 10.3. The maximum Gasteiger partial charge on any atom is 0.211 e. The molecule has 0 amide bonds. The summed E-state index contributed by atoms with van der Waals surface area (Å²) in [6.07, 6.45) is 8.39. The summed E-state index contributed by atoms with van der Waals surface area (Å²) in [5.74, 6) is 1.65. The predicted molar refractivity (Wildman–Crippen MR) is 134 cm³/mol. The highest BCUT2D eigenvalue weighted by Crippen LogP contribution is 2.50. The fourth-order valence-corrected chi connectivity index (χ4v) is 5.59. The molecular weight excluding hydrogens is 475 g/mol. The van der Waals surface area contributed by atoms with Gasteiger partial charge in [0.1, 0.15) is 29.3 Å². The van der Waals surface area contributed by atoms with Gasteiger partial charge in [-0.05, 0) is 55.2 Å². The van der Waals surface area contributed by atoms with Crippen molar-refractivity contribution in [3.05, 3.63) is 82.9 Å². The highest BCUT2D eigenvalue weighted by molar-refractivity contribution is 6.02. The fourth-order valence-electron chi connectivity index (χ4n) is 5.59. The second-order valence-electron chi connectivity index (χ2n) is 10.3. The van der Waals surface area contributed by atoms with E-state index in [1.54, 1.807) is 18.5 Å². The number of ether oxygens (including phenoxy) is 2. The van der Waals surface area contributed by atoms with Crippen LogP contribution in [0.1, 0.15) is 35.2 Å². The minimum absolute atomic E-state index is 0.157. The van der Waals surface area contributed by atoms with E-state index in [9.17, 15) is 9.50 Å². The van der Waals surface area contributed by atoms with Gasteiger partial charge in [-0.25, -0.2) is 9.37 Å². The maximum atomic E-state index is 13.7. The zero-order valence-electron chi connectivity index (χ0n) is 20.5. The largest absolute Gasteiger partial charge is 0.491 e. The van der Waals surface area contributed by atoms with Crippen LogP contribution in [-0.2, 0) is 21.5 Å². The highest BCUT2D eigenvalue weighted by Gasteiger charge is 2.58. The summed E-state index contributed by atoms with van der Waals surface area (Å²) in [4.78, 5) is 12.1. The third-order valence-corrected chi connectivity index (χ3v) is 7.82. The summed E-state index contributed by atoms with van der Waals surface area (Å²) in [6.45, 7) is 3.09. The smallest absolute Gasteiger partial charge is 0.211 e. The standard InChI is InChI=1S/C28H27FN4O4/c1-18-13-32(17-30-18)23-7-2-19(22-8-11-35-25(22)23)12-24-26-31-36-16-28(15-34,20-3-5-21(29)6-4-20)33(26)14-27(37-24)9-10-27/h2-7,12-13,17,34H,8-11,14-16H2,1H3/b24-12-. The van der Waals surface area contributed by atoms with Crippen molar-refractivity contribution in [1.29, 1.82) is 0 Å². The Morgan fingerprint density at radius 1 is 1.16 bits per heavy atom. The fraction of sp³-hybridized carbons (Fsp3) is 0.357. The molecule has 1 atom stereocenters. The molecule has 4 heterocycles. The Morgan fingerprint density at radius 3 is 2.73 bits per heavy atom. The number of nitrogens with zero attached hydrogens (tertiary/aromatic N) is 4. The summed E-state index contributed by atoms with van der Waals surface area (Å²) in [5, 5.41) is 15.1. The molecule has 3 aromatic rings. The molecule has 1 saturated heterocycles. The number of aliphatic hydroxyl groups is 1. The lowest BCUT2D eigenvalue weighted by Gasteiger charge is -2.50. The van der Waals surface area contributed by atoms with E-state index in [1.165, 1.54) is 12.1 Å². The van der Waals surface area contributed by atoms with Crippen molar-refractivity contribution in [2.24, 2.45) is 5.16 Å². The van der Waals surface area contributed by atoms with E-state index < -0.39 is 5.54 Å². The average Bonchev–Trinajstić information content (AvgIpc) is 3.27. The van der Waals surface area contributed by atoms with Crippen LogP contribution in [0.2, 0.25) is 0 Å². The van der Waals surface area contributed by atoms with E-state index in [2.05, 4.69) is 21.1 Å². The van der Waals surface area contributed by atoms with Gasteiger partial charge in [-0.3, -0.25) is 0 Å². The number of imidazole rings is 1. The molecule has 37 heavy (non-hydrogen) atoms. The number of morpholine rings is 1. The summed E-state index contributed by atoms with van der Waals surface area (Å²) in [5.41, 5.74) is 3.53. The summed E-state index contributed by atoms with van der Waals surface area (Å²) in [7, 11) is 0. The third kappa shape index (κ3) is 3.52. The Kier molecular flexibility index (Phi) is 4.88. The number of rotatable bonds is 4. The van der Waals surface area contributed by atoms with Crippen molar-refractivity contribution in [2.75, 3.05) is 26.4 Å². The minimum atomic E-state index is -0.891. The van der Waals surface area contributed by atoms with Gasteiger partial charge in [0.15, 0.2) is 5.76 Å². The van der Waals surface area contributed by atoms with Crippen LogP contribution in [0.5, 0.6) is 5.75 Å². The van der Waals surface area contributed by atoms with Gasteiger partial charge in [-0.1, -0.05) is 23.4 Å². The molecule has 190 valence electrons. The topological polar surface area (TPSA) is 81.3 Å². The van der Waals surface area contributed by atoms with Gasteiger partial charge < -0.3 is 28.9 Å². The van der Waals surface area contributed by atoms with Gasteiger partial charge in [0.25, 0.3) is 0 Å². The van der Waals surface area contributed by atoms with Crippen LogP contribution >= 0.6 is 0 Å². The molecule has 3 aliphatic heterocycles. The molecule has 1 spiro atoms. The Hall–Kier alpha value is -3.85. The number of benzene rings is 2. The molecule has 7 rings (SSSR count). The van der Waals surface area contributed by atoms with Crippen LogP contribution in [0.15, 0.2) is 59.8 Å². The third-order valence-electron chi connectivity index (χ3n) is 7.82. The molecule has 0 radical (unpaired) electrons. The number of halogens is 1. The number of amidine groups is 1. The maximum absolute atomic E-state index is 13.7. The van der Waals surface area contributed by atoms with Gasteiger partial charge in [-0.2, -0.15) is 0 Å².